The van der Waals surface area contributed by atoms with Gasteiger partial charge in [0.25, 0.3) is 0 Å². The maximum absolute atomic E-state index is 9.86. The van der Waals surface area contributed by atoms with Crippen LogP contribution in [0.25, 0.3) is 0 Å². The van der Waals surface area contributed by atoms with E-state index in [2.05, 4.69) is 12.2 Å². The lowest BCUT2D eigenvalue weighted by atomic mass is 9.82. The molecule has 2 N–H and O–H groups in total. The number of aryl methyl sites for hydroxylation is 1. The third-order valence-corrected chi connectivity index (χ3v) is 4.01. The van der Waals surface area contributed by atoms with Crippen molar-refractivity contribution in [1.29, 1.82) is 0 Å². The Hall–Kier alpha value is -0.770. The van der Waals surface area contributed by atoms with Crippen molar-refractivity contribution >= 4 is 11.6 Å². The molecule has 1 aliphatic rings. The van der Waals surface area contributed by atoms with E-state index in [1.165, 1.54) is 12.8 Å². The van der Waals surface area contributed by atoms with Gasteiger partial charge in [0.1, 0.15) is 18.5 Å². The highest BCUT2D eigenvalue weighted by molar-refractivity contribution is 6.31. The predicted octanol–water partition coefficient (Wildman–Crippen LogP) is 2.78. The van der Waals surface area contributed by atoms with Crippen LogP contribution in [0, 0.1) is 12.8 Å². The monoisotopic (exact) mass is 283 g/mol. The number of hydrogen-bond donors (Lipinski definition) is 2. The molecule has 2 rings (SSSR count). The molecule has 0 aliphatic heterocycles. The van der Waals surface area contributed by atoms with Gasteiger partial charge >= 0.3 is 0 Å². The molecule has 0 aromatic heterocycles. The zero-order valence-corrected chi connectivity index (χ0v) is 12.3. The summed E-state index contributed by atoms with van der Waals surface area (Å²) in [6, 6.07) is 6.09. The van der Waals surface area contributed by atoms with Crippen LogP contribution in [0.1, 0.15) is 25.3 Å². The molecule has 1 aliphatic carbocycles. The van der Waals surface area contributed by atoms with Gasteiger partial charge in [-0.05, 0) is 49.4 Å². The first-order chi connectivity index (χ1) is 9.04. The Morgan fingerprint density at radius 3 is 2.84 bits per heavy atom. The standard InChI is InChI=1S/C15H22ClNO2/c1-10-5-12(6-10)17-8-13(18)9-19-14-3-4-15(16)11(2)7-14/h3-4,7,10,12-13,17-18H,5-6,8-9H2,1-2H3. The first kappa shape index (κ1) is 14.6. The topological polar surface area (TPSA) is 41.5 Å². The summed E-state index contributed by atoms with van der Waals surface area (Å²) < 4.78 is 5.56. The van der Waals surface area contributed by atoms with Gasteiger partial charge in [-0.3, -0.25) is 0 Å². The van der Waals surface area contributed by atoms with E-state index < -0.39 is 6.10 Å². The van der Waals surface area contributed by atoms with Gasteiger partial charge in [-0.25, -0.2) is 0 Å². The molecule has 1 unspecified atom stereocenters. The van der Waals surface area contributed by atoms with Crippen molar-refractivity contribution in [2.75, 3.05) is 13.2 Å². The molecular formula is C15H22ClNO2. The maximum atomic E-state index is 9.86. The van der Waals surface area contributed by atoms with Crippen LogP contribution >= 0.6 is 11.6 Å². The summed E-state index contributed by atoms with van der Waals surface area (Å²) in [6.45, 7) is 5.08. The van der Waals surface area contributed by atoms with Crippen molar-refractivity contribution < 1.29 is 9.84 Å². The normalized spacial score (nSPS) is 23.8. The smallest absolute Gasteiger partial charge is 0.119 e. The maximum Gasteiger partial charge on any atom is 0.119 e. The second-order valence-corrected chi connectivity index (χ2v) is 5.96. The van der Waals surface area contributed by atoms with E-state index in [0.29, 0.717) is 19.2 Å². The summed E-state index contributed by atoms with van der Waals surface area (Å²) in [7, 11) is 0. The summed E-state index contributed by atoms with van der Waals surface area (Å²) >= 11 is 5.95. The number of aliphatic hydroxyl groups is 1. The van der Waals surface area contributed by atoms with E-state index in [9.17, 15) is 5.11 Å². The molecule has 106 valence electrons. The Morgan fingerprint density at radius 1 is 1.47 bits per heavy atom. The number of halogens is 1. The van der Waals surface area contributed by atoms with Gasteiger partial charge in [-0.15, -0.1) is 0 Å². The summed E-state index contributed by atoms with van der Waals surface area (Å²) in [5.74, 6) is 1.57. The summed E-state index contributed by atoms with van der Waals surface area (Å²) in [5, 5.41) is 13.9. The average Bonchev–Trinajstić information content (AvgIpc) is 2.34. The third-order valence-electron chi connectivity index (χ3n) is 3.59. The molecule has 1 saturated carbocycles. The SMILES string of the molecule is Cc1cc(OCC(O)CNC2CC(C)C2)ccc1Cl. The molecule has 0 radical (unpaired) electrons. The van der Waals surface area contributed by atoms with Gasteiger partial charge in [-0.2, -0.15) is 0 Å². The van der Waals surface area contributed by atoms with Gasteiger partial charge < -0.3 is 15.2 Å². The number of rotatable bonds is 6. The number of hydrogen-bond acceptors (Lipinski definition) is 3. The number of benzene rings is 1. The van der Waals surface area contributed by atoms with E-state index in [-0.39, 0.29) is 0 Å². The van der Waals surface area contributed by atoms with Gasteiger partial charge in [0.15, 0.2) is 0 Å². The van der Waals surface area contributed by atoms with Crippen LogP contribution in [0.4, 0.5) is 0 Å². The predicted molar refractivity (Wildman–Crippen MR) is 77.9 cm³/mol. The fraction of sp³-hybridized carbons (Fsp3) is 0.600. The fourth-order valence-electron chi connectivity index (χ4n) is 2.33. The zero-order valence-electron chi connectivity index (χ0n) is 11.5. The molecule has 0 spiro atoms. The van der Waals surface area contributed by atoms with E-state index in [1.807, 2.05) is 25.1 Å². The Balaban J connectivity index is 1.67. The lowest BCUT2D eigenvalue weighted by Gasteiger charge is -2.34. The number of ether oxygens (including phenoxy) is 1. The van der Waals surface area contributed by atoms with Crippen molar-refractivity contribution in [3.05, 3.63) is 28.8 Å². The zero-order chi connectivity index (χ0) is 13.8. The minimum Gasteiger partial charge on any atom is -0.491 e. The van der Waals surface area contributed by atoms with Crippen LogP contribution in [0.15, 0.2) is 18.2 Å². The van der Waals surface area contributed by atoms with Crippen molar-refractivity contribution in [3.63, 3.8) is 0 Å². The van der Waals surface area contributed by atoms with Crippen molar-refractivity contribution in [1.82, 2.24) is 5.32 Å². The Morgan fingerprint density at radius 2 is 2.21 bits per heavy atom. The molecule has 19 heavy (non-hydrogen) atoms. The first-order valence-electron chi connectivity index (χ1n) is 6.85. The molecule has 1 aromatic rings. The number of aliphatic hydroxyl groups excluding tert-OH is 1. The second kappa shape index (κ2) is 6.60. The van der Waals surface area contributed by atoms with Gasteiger partial charge in [-0.1, -0.05) is 18.5 Å². The van der Waals surface area contributed by atoms with Crippen LogP contribution in [-0.4, -0.2) is 30.4 Å². The highest BCUT2D eigenvalue weighted by atomic mass is 35.5. The van der Waals surface area contributed by atoms with E-state index >= 15 is 0 Å². The fourth-order valence-corrected chi connectivity index (χ4v) is 2.45. The van der Waals surface area contributed by atoms with E-state index in [4.69, 9.17) is 16.3 Å². The largest absolute Gasteiger partial charge is 0.491 e. The van der Waals surface area contributed by atoms with Crippen LogP contribution in [-0.2, 0) is 0 Å². The molecule has 3 nitrogen and oxygen atoms in total. The lowest BCUT2D eigenvalue weighted by Crippen LogP contribution is -2.44. The lowest BCUT2D eigenvalue weighted by molar-refractivity contribution is 0.0955. The summed E-state index contributed by atoms with van der Waals surface area (Å²) in [6.07, 6.45) is 1.94. The van der Waals surface area contributed by atoms with E-state index in [0.717, 1.165) is 22.3 Å². The summed E-state index contributed by atoms with van der Waals surface area (Å²) in [4.78, 5) is 0. The Labute approximate surface area is 119 Å². The van der Waals surface area contributed by atoms with Crippen molar-refractivity contribution in [2.24, 2.45) is 5.92 Å². The molecule has 0 bridgehead atoms. The molecule has 0 saturated heterocycles. The van der Waals surface area contributed by atoms with Crippen LogP contribution in [0.5, 0.6) is 5.75 Å². The molecule has 0 heterocycles. The van der Waals surface area contributed by atoms with Crippen LogP contribution < -0.4 is 10.1 Å². The van der Waals surface area contributed by atoms with Gasteiger partial charge in [0.2, 0.25) is 0 Å². The van der Waals surface area contributed by atoms with Crippen molar-refractivity contribution in [3.8, 4) is 5.75 Å². The molecule has 4 heteroatoms. The van der Waals surface area contributed by atoms with Crippen LogP contribution in [0.3, 0.4) is 0 Å². The third kappa shape index (κ3) is 4.37. The van der Waals surface area contributed by atoms with Crippen molar-refractivity contribution in [2.45, 2.75) is 38.8 Å². The molecular weight excluding hydrogens is 262 g/mol. The quantitative estimate of drug-likeness (QED) is 0.843. The highest BCUT2D eigenvalue weighted by Gasteiger charge is 2.25. The minimum absolute atomic E-state index is 0.302. The second-order valence-electron chi connectivity index (χ2n) is 5.56. The van der Waals surface area contributed by atoms with Gasteiger partial charge in [0, 0.05) is 17.6 Å². The van der Waals surface area contributed by atoms with Gasteiger partial charge in [0.05, 0.1) is 0 Å². The summed E-state index contributed by atoms with van der Waals surface area (Å²) in [5.41, 5.74) is 0.982. The molecule has 0 amide bonds. The number of nitrogens with one attached hydrogen (secondary N) is 1. The Bertz CT molecular complexity index is 419. The Kier molecular flexibility index (Phi) is 5.08. The molecule has 1 fully saturated rings. The minimum atomic E-state index is -0.480. The van der Waals surface area contributed by atoms with Crippen LogP contribution in [0.2, 0.25) is 5.02 Å². The highest BCUT2D eigenvalue weighted by Crippen LogP contribution is 2.26. The first-order valence-corrected chi connectivity index (χ1v) is 7.23. The molecule has 1 atom stereocenters. The average molecular weight is 284 g/mol. The molecule has 1 aromatic carbocycles. The van der Waals surface area contributed by atoms with E-state index in [1.54, 1.807) is 0 Å².